The number of hydrogen-bond acceptors (Lipinski definition) is 2. The Labute approximate surface area is 127 Å². The topological polar surface area (TPSA) is 35.6 Å². The van der Waals surface area contributed by atoms with Crippen molar-refractivity contribution in [3.63, 3.8) is 0 Å². The van der Waals surface area contributed by atoms with Gasteiger partial charge < -0.3 is 10.2 Å². The first-order valence-corrected chi connectivity index (χ1v) is 7.94. The molecule has 2 aliphatic heterocycles. The van der Waals surface area contributed by atoms with Crippen LogP contribution in [0.25, 0.3) is 0 Å². The Morgan fingerprint density at radius 1 is 1.19 bits per heavy atom. The van der Waals surface area contributed by atoms with E-state index in [0.29, 0.717) is 18.6 Å². The van der Waals surface area contributed by atoms with E-state index in [1.807, 2.05) is 4.90 Å². The molecule has 2 amide bonds. The number of carbonyl (C=O) groups is 1. The third-order valence-electron chi connectivity index (χ3n) is 5.00. The molecule has 0 aromatic heterocycles. The van der Waals surface area contributed by atoms with Crippen LogP contribution in [0.3, 0.4) is 0 Å². The minimum atomic E-state index is 0.0801. The maximum absolute atomic E-state index is 12.4. The van der Waals surface area contributed by atoms with Gasteiger partial charge in [0.15, 0.2) is 0 Å². The van der Waals surface area contributed by atoms with Gasteiger partial charge in [0.25, 0.3) is 0 Å². The summed E-state index contributed by atoms with van der Waals surface area (Å²) in [7, 11) is 2.20. The molecule has 1 aromatic rings. The second-order valence-corrected chi connectivity index (χ2v) is 6.43. The van der Waals surface area contributed by atoms with Crippen LogP contribution in [0.1, 0.15) is 30.4 Å². The molecule has 4 nitrogen and oxygen atoms in total. The zero-order valence-corrected chi connectivity index (χ0v) is 13.0. The first-order valence-electron chi connectivity index (χ1n) is 7.94. The minimum absolute atomic E-state index is 0.0801. The van der Waals surface area contributed by atoms with Crippen molar-refractivity contribution in [1.29, 1.82) is 0 Å². The summed E-state index contributed by atoms with van der Waals surface area (Å²) in [6.07, 6.45) is 3.62. The number of carbonyl (C=O) groups excluding carboxylic acids is 1. The van der Waals surface area contributed by atoms with Crippen LogP contribution in [-0.4, -0.2) is 48.1 Å². The fourth-order valence-electron chi connectivity index (χ4n) is 3.49. The maximum atomic E-state index is 12.4. The highest BCUT2D eigenvalue weighted by atomic mass is 16.2. The smallest absolute Gasteiger partial charge is 0.317 e. The van der Waals surface area contributed by atoms with E-state index in [9.17, 15) is 4.79 Å². The molecule has 0 saturated carbocycles. The van der Waals surface area contributed by atoms with Crippen molar-refractivity contribution >= 4 is 6.03 Å². The quantitative estimate of drug-likeness (QED) is 0.906. The highest BCUT2D eigenvalue weighted by Crippen LogP contribution is 2.28. The summed E-state index contributed by atoms with van der Waals surface area (Å²) in [6.45, 7) is 4.43. The van der Waals surface area contributed by atoms with E-state index in [-0.39, 0.29) is 6.03 Å². The van der Waals surface area contributed by atoms with E-state index in [0.717, 1.165) is 25.1 Å². The highest BCUT2D eigenvalue weighted by molar-refractivity contribution is 5.74. The van der Waals surface area contributed by atoms with E-state index in [1.54, 1.807) is 0 Å². The summed E-state index contributed by atoms with van der Waals surface area (Å²) in [5, 5.41) is 3.06. The van der Waals surface area contributed by atoms with Crippen LogP contribution in [0, 0.1) is 6.92 Å². The summed E-state index contributed by atoms with van der Waals surface area (Å²) in [5.41, 5.74) is 2.40. The molecule has 1 aromatic carbocycles. The molecule has 2 heterocycles. The average Bonchev–Trinajstić information content (AvgIpc) is 2.71. The van der Waals surface area contributed by atoms with Crippen molar-refractivity contribution in [3.8, 4) is 0 Å². The molecule has 2 aliphatic rings. The lowest BCUT2D eigenvalue weighted by atomic mass is 10.1. The summed E-state index contributed by atoms with van der Waals surface area (Å²) >= 11 is 0. The number of benzene rings is 1. The normalized spacial score (nSPS) is 25.7. The molecule has 0 radical (unpaired) electrons. The lowest BCUT2D eigenvalue weighted by Gasteiger charge is -2.26. The zero-order valence-electron chi connectivity index (χ0n) is 13.0. The number of likely N-dealkylation sites (N-methyl/N-ethyl adjacent to an activating group) is 1. The predicted molar refractivity (Wildman–Crippen MR) is 84.2 cm³/mol. The molecule has 2 bridgehead atoms. The second-order valence-electron chi connectivity index (χ2n) is 6.43. The Morgan fingerprint density at radius 2 is 1.90 bits per heavy atom. The molecule has 21 heavy (non-hydrogen) atoms. The van der Waals surface area contributed by atoms with E-state index < -0.39 is 0 Å². The molecular formula is C17H25N3O. The summed E-state index contributed by atoms with van der Waals surface area (Å²) in [5.74, 6) is 0. The van der Waals surface area contributed by atoms with Crippen LogP contribution >= 0.6 is 0 Å². The van der Waals surface area contributed by atoms with Crippen LogP contribution in [0.15, 0.2) is 24.3 Å². The third-order valence-corrected chi connectivity index (χ3v) is 5.00. The van der Waals surface area contributed by atoms with E-state index in [1.165, 1.54) is 18.4 Å². The van der Waals surface area contributed by atoms with Crippen molar-refractivity contribution in [2.45, 2.75) is 44.8 Å². The monoisotopic (exact) mass is 287 g/mol. The number of hydrogen-bond donors (Lipinski definition) is 1. The molecule has 2 saturated heterocycles. The Balaban J connectivity index is 1.54. The van der Waals surface area contributed by atoms with Gasteiger partial charge in [-0.2, -0.15) is 0 Å². The van der Waals surface area contributed by atoms with Crippen molar-refractivity contribution in [2.24, 2.45) is 0 Å². The first kappa shape index (κ1) is 14.4. The molecular weight excluding hydrogens is 262 g/mol. The number of rotatable bonds is 2. The van der Waals surface area contributed by atoms with Crippen LogP contribution in [0.2, 0.25) is 0 Å². The average molecular weight is 287 g/mol. The molecule has 0 spiro atoms. The lowest BCUT2D eigenvalue weighted by molar-refractivity contribution is 0.188. The number of amides is 2. The fraction of sp³-hybridized carbons (Fsp3) is 0.588. The van der Waals surface area contributed by atoms with Gasteiger partial charge in [-0.15, -0.1) is 0 Å². The number of urea groups is 1. The van der Waals surface area contributed by atoms with Crippen LogP contribution < -0.4 is 5.32 Å². The van der Waals surface area contributed by atoms with Gasteiger partial charge in [0, 0.05) is 31.7 Å². The number of fused-ring (bicyclic) bond motifs is 2. The van der Waals surface area contributed by atoms with Gasteiger partial charge >= 0.3 is 6.03 Å². The van der Waals surface area contributed by atoms with Crippen molar-refractivity contribution in [2.75, 3.05) is 20.1 Å². The second kappa shape index (κ2) is 6.06. The summed E-state index contributed by atoms with van der Waals surface area (Å²) in [6, 6.07) is 9.62. The molecule has 3 rings (SSSR count). The van der Waals surface area contributed by atoms with Crippen LogP contribution in [-0.2, 0) is 6.54 Å². The third kappa shape index (κ3) is 3.21. The standard InChI is InChI=1S/C17H25N3O/c1-13-3-5-14(6-4-13)11-18-17(21)20-10-9-15-7-8-16(12-20)19(15)2/h3-6,15-16H,7-12H2,1-2H3,(H,18,21). The highest BCUT2D eigenvalue weighted by Gasteiger charge is 2.35. The molecule has 2 fully saturated rings. The Morgan fingerprint density at radius 3 is 2.67 bits per heavy atom. The molecule has 4 heteroatoms. The van der Waals surface area contributed by atoms with Crippen molar-refractivity contribution in [3.05, 3.63) is 35.4 Å². The van der Waals surface area contributed by atoms with E-state index in [4.69, 9.17) is 0 Å². The first-order chi connectivity index (χ1) is 10.1. The lowest BCUT2D eigenvalue weighted by Crippen LogP contribution is -2.44. The van der Waals surface area contributed by atoms with Gasteiger partial charge in [0.2, 0.25) is 0 Å². The number of nitrogens with one attached hydrogen (secondary N) is 1. The maximum Gasteiger partial charge on any atom is 0.317 e. The summed E-state index contributed by atoms with van der Waals surface area (Å²) < 4.78 is 0. The van der Waals surface area contributed by atoms with E-state index in [2.05, 4.69) is 48.5 Å². The molecule has 1 N–H and O–H groups in total. The number of likely N-dealkylation sites (tertiary alicyclic amines) is 1. The summed E-state index contributed by atoms with van der Waals surface area (Å²) in [4.78, 5) is 16.8. The van der Waals surface area contributed by atoms with Crippen LogP contribution in [0.4, 0.5) is 4.79 Å². The predicted octanol–water partition coefficient (Wildman–Crippen LogP) is 2.37. The van der Waals surface area contributed by atoms with Gasteiger partial charge in [0.1, 0.15) is 0 Å². The Kier molecular flexibility index (Phi) is 4.15. The van der Waals surface area contributed by atoms with Crippen molar-refractivity contribution < 1.29 is 4.79 Å². The zero-order chi connectivity index (χ0) is 14.8. The largest absolute Gasteiger partial charge is 0.334 e. The van der Waals surface area contributed by atoms with Gasteiger partial charge in [-0.05, 0) is 38.8 Å². The van der Waals surface area contributed by atoms with Gasteiger partial charge in [-0.3, -0.25) is 4.90 Å². The molecule has 0 aliphatic carbocycles. The fourth-order valence-corrected chi connectivity index (χ4v) is 3.49. The number of aryl methyl sites for hydroxylation is 1. The van der Waals surface area contributed by atoms with Gasteiger partial charge in [0.05, 0.1) is 0 Å². The SMILES string of the molecule is Cc1ccc(CNC(=O)N2CCC3CCC(C2)N3C)cc1. The van der Waals surface area contributed by atoms with Gasteiger partial charge in [-0.1, -0.05) is 29.8 Å². The Hall–Kier alpha value is -1.55. The number of nitrogens with zero attached hydrogens (tertiary/aromatic N) is 2. The van der Waals surface area contributed by atoms with E-state index >= 15 is 0 Å². The minimum Gasteiger partial charge on any atom is -0.334 e. The molecule has 2 unspecified atom stereocenters. The van der Waals surface area contributed by atoms with Crippen molar-refractivity contribution in [1.82, 2.24) is 15.1 Å². The molecule has 114 valence electrons. The Bertz CT molecular complexity index is 499. The molecule has 2 atom stereocenters. The van der Waals surface area contributed by atoms with Crippen LogP contribution in [0.5, 0.6) is 0 Å². The van der Waals surface area contributed by atoms with Gasteiger partial charge in [-0.25, -0.2) is 4.79 Å².